The minimum absolute atomic E-state index is 0.126. The quantitative estimate of drug-likeness (QED) is 0.612. The van der Waals surface area contributed by atoms with Gasteiger partial charge in [0.05, 0.1) is 9.98 Å². The van der Waals surface area contributed by atoms with E-state index in [1.807, 2.05) is 0 Å². The van der Waals surface area contributed by atoms with E-state index in [9.17, 15) is 26.4 Å². The predicted octanol–water partition coefficient (Wildman–Crippen LogP) is 3.20. The summed E-state index contributed by atoms with van der Waals surface area (Å²) in [7, 11) is -5.19. The van der Waals surface area contributed by atoms with Crippen LogP contribution in [0.5, 0.6) is 0 Å². The SMILES string of the molecule is O=C(O)N(c1cscn1)S(=O)(=O)c1c(F)cc(F)c(Br)c1F. The fourth-order valence-corrected chi connectivity index (χ4v) is 3.90. The van der Waals surface area contributed by atoms with Crippen molar-refractivity contribution in [3.8, 4) is 0 Å². The van der Waals surface area contributed by atoms with E-state index in [1.165, 1.54) is 0 Å². The molecule has 0 saturated carbocycles. The fourth-order valence-electron chi connectivity index (χ4n) is 1.51. The largest absolute Gasteiger partial charge is 0.464 e. The highest BCUT2D eigenvalue weighted by molar-refractivity contribution is 9.10. The molecule has 1 aromatic heterocycles. The van der Waals surface area contributed by atoms with Gasteiger partial charge in [0.15, 0.2) is 16.5 Å². The molecule has 22 heavy (non-hydrogen) atoms. The summed E-state index contributed by atoms with van der Waals surface area (Å²) >= 11 is 3.30. The molecule has 0 fully saturated rings. The fraction of sp³-hybridized carbons (Fsp3) is 0. The molecule has 118 valence electrons. The summed E-state index contributed by atoms with van der Waals surface area (Å²) in [4.78, 5) is 13.1. The van der Waals surface area contributed by atoms with Crippen LogP contribution in [0.2, 0.25) is 0 Å². The van der Waals surface area contributed by atoms with E-state index in [0.29, 0.717) is 0 Å². The van der Waals surface area contributed by atoms with E-state index in [1.54, 1.807) is 0 Å². The number of nitrogens with zero attached hydrogens (tertiary/aromatic N) is 2. The molecule has 0 atom stereocenters. The molecule has 0 radical (unpaired) electrons. The van der Waals surface area contributed by atoms with Crippen LogP contribution in [-0.4, -0.2) is 24.6 Å². The van der Waals surface area contributed by atoms with Crippen molar-refractivity contribution in [3.63, 3.8) is 0 Å². The number of carboxylic acid groups (broad SMARTS) is 1. The summed E-state index contributed by atoms with van der Waals surface area (Å²) in [5, 5.41) is 10.1. The van der Waals surface area contributed by atoms with Gasteiger partial charge in [0.1, 0.15) is 11.6 Å². The maximum Gasteiger partial charge on any atom is 0.427 e. The van der Waals surface area contributed by atoms with E-state index in [-0.39, 0.29) is 10.4 Å². The van der Waals surface area contributed by atoms with Gasteiger partial charge in [0, 0.05) is 11.4 Å². The highest BCUT2D eigenvalue weighted by Crippen LogP contribution is 2.32. The molecular formula is C10H4BrF3N2O4S2. The van der Waals surface area contributed by atoms with Gasteiger partial charge in [-0.25, -0.2) is 31.4 Å². The first-order valence-electron chi connectivity index (χ1n) is 5.17. The molecule has 0 aliphatic carbocycles. The molecule has 0 spiro atoms. The molecule has 12 heteroatoms. The molecule has 0 saturated heterocycles. The second kappa shape index (κ2) is 5.85. The Hall–Kier alpha value is -1.66. The van der Waals surface area contributed by atoms with Gasteiger partial charge >= 0.3 is 6.09 Å². The van der Waals surface area contributed by atoms with E-state index in [4.69, 9.17) is 5.11 Å². The number of halogens is 4. The highest BCUT2D eigenvalue weighted by atomic mass is 79.9. The Bertz CT molecular complexity index is 842. The standard InChI is InChI=1S/C10H4BrF3N2O4S2/c11-7-4(12)1-5(13)9(8(7)14)22(19,20)16(10(17)18)6-2-21-3-15-6/h1-3H,(H,17,18). The molecule has 2 aromatic rings. The first kappa shape index (κ1) is 16.7. The summed E-state index contributed by atoms with van der Waals surface area (Å²) < 4.78 is 64.2. The number of anilines is 1. The third kappa shape index (κ3) is 2.68. The molecule has 0 aliphatic rings. The normalized spacial score (nSPS) is 11.5. The zero-order valence-electron chi connectivity index (χ0n) is 10.1. The van der Waals surface area contributed by atoms with Crippen molar-refractivity contribution >= 4 is 49.2 Å². The molecule has 0 unspecified atom stereocenters. The van der Waals surface area contributed by atoms with Gasteiger partial charge in [0.2, 0.25) is 0 Å². The van der Waals surface area contributed by atoms with E-state index in [0.717, 1.165) is 22.2 Å². The highest BCUT2D eigenvalue weighted by Gasteiger charge is 2.38. The van der Waals surface area contributed by atoms with Gasteiger partial charge in [-0.2, -0.15) is 0 Å². The zero-order chi connectivity index (χ0) is 16.7. The van der Waals surface area contributed by atoms with Crippen LogP contribution >= 0.6 is 27.3 Å². The van der Waals surface area contributed by atoms with Crippen molar-refractivity contribution in [2.45, 2.75) is 4.90 Å². The summed E-state index contributed by atoms with van der Waals surface area (Å²) in [6.45, 7) is 0. The molecule has 1 heterocycles. The van der Waals surface area contributed by atoms with Crippen LogP contribution in [0.4, 0.5) is 23.8 Å². The minimum Gasteiger partial charge on any atom is -0.464 e. The number of thiazole rings is 1. The number of hydrogen-bond donors (Lipinski definition) is 1. The second-order valence-corrected chi connectivity index (χ2v) is 6.93. The van der Waals surface area contributed by atoms with Gasteiger partial charge in [0.25, 0.3) is 10.0 Å². The first-order chi connectivity index (χ1) is 10.2. The van der Waals surface area contributed by atoms with Crippen molar-refractivity contribution in [2.24, 2.45) is 0 Å². The van der Waals surface area contributed by atoms with Crippen molar-refractivity contribution in [3.05, 3.63) is 38.9 Å². The van der Waals surface area contributed by atoms with Gasteiger partial charge in [-0.1, -0.05) is 0 Å². The lowest BCUT2D eigenvalue weighted by Crippen LogP contribution is -2.37. The molecule has 1 N–H and O–H groups in total. The maximum atomic E-state index is 13.9. The Kier molecular flexibility index (Phi) is 4.44. The first-order valence-corrected chi connectivity index (χ1v) is 8.35. The monoisotopic (exact) mass is 416 g/mol. The van der Waals surface area contributed by atoms with Crippen LogP contribution in [0.25, 0.3) is 0 Å². The topological polar surface area (TPSA) is 87.6 Å². The van der Waals surface area contributed by atoms with Crippen LogP contribution in [-0.2, 0) is 10.0 Å². The lowest BCUT2D eigenvalue weighted by atomic mass is 10.3. The van der Waals surface area contributed by atoms with Gasteiger partial charge in [-0.05, 0) is 15.9 Å². The summed E-state index contributed by atoms with van der Waals surface area (Å²) in [6, 6.07) is 0.126. The Morgan fingerprint density at radius 1 is 1.32 bits per heavy atom. The van der Waals surface area contributed by atoms with Crippen LogP contribution in [0.3, 0.4) is 0 Å². The average molecular weight is 417 g/mol. The molecule has 1 aromatic carbocycles. The van der Waals surface area contributed by atoms with Gasteiger partial charge in [-0.3, -0.25) is 0 Å². The lowest BCUT2D eigenvalue weighted by molar-refractivity contribution is 0.206. The second-order valence-electron chi connectivity index (χ2n) is 3.70. The third-order valence-corrected chi connectivity index (χ3v) is 5.39. The van der Waals surface area contributed by atoms with E-state index in [2.05, 4.69) is 20.9 Å². The zero-order valence-corrected chi connectivity index (χ0v) is 13.3. The number of amides is 1. The van der Waals surface area contributed by atoms with Crippen LogP contribution in [0, 0.1) is 17.5 Å². The third-order valence-electron chi connectivity index (χ3n) is 2.37. The molecule has 0 bridgehead atoms. The number of sulfonamides is 1. The van der Waals surface area contributed by atoms with E-state index >= 15 is 0 Å². The molecule has 0 aliphatic heterocycles. The number of rotatable bonds is 3. The van der Waals surface area contributed by atoms with Gasteiger partial charge < -0.3 is 5.11 Å². The number of aromatic nitrogens is 1. The maximum absolute atomic E-state index is 13.9. The average Bonchev–Trinajstić information content (AvgIpc) is 2.88. The van der Waals surface area contributed by atoms with E-state index < -0.39 is 48.8 Å². The number of hydrogen-bond acceptors (Lipinski definition) is 5. The van der Waals surface area contributed by atoms with Crippen LogP contribution in [0.1, 0.15) is 0 Å². The summed E-state index contributed by atoms with van der Waals surface area (Å²) in [5.74, 6) is -5.47. The molecule has 1 amide bonds. The molecular weight excluding hydrogens is 413 g/mol. The number of carbonyl (C=O) groups is 1. The van der Waals surface area contributed by atoms with Crippen LogP contribution < -0.4 is 4.31 Å². The van der Waals surface area contributed by atoms with Crippen molar-refractivity contribution in [1.29, 1.82) is 0 Å². The Labute approximate surface area is 134 Å². The molecule has 6 nitrogen and oxygen atoms in total. The minimum atomic E-state index is -5.19. The predicted molar refractivity (Wildman–Crippen MR) is 73.8 cm³/mol. The lowest BCUT2D eigenvalue weighted by Gasteiger charge is -2.18. The Morgan fingerprint density at radius 3 is 2.45 bits per heavy atom. The van der Waals surface area contributed by atoms with Gasteiger partial charge in [-0.15, -0.1) is 15.6 Å². The van der Waals surface area contributed by atoms with Crippen molar-refractivity contribution in [1.82, 2.24) is 4.98 Å². The Morgan fingerprint density at radius 2 is 1.95 bits per heavy atom. The van der Waals surface area contributed by atoms with Crippen molar-refractivity contribution < 1.29 is 31.5 Å². The Balaban J connectivity index is 2.75. The van der Waals surface area contributed by atoms with Crippen LogP contribution in [0.15, 0.2) is 26.3 Å². The molecule has 2 rings (SSSR count). The summed E-state index contributed by atoms with van der Waals surface area (Å²) in [5.41, 5.74) is 1.13. The summed E-state index contributed by atoms with van der Waals surface area (Å²) in [6.07, 6.45) is -2.02. The number of benzene rings is 1. The smallest absolute Gasteiger partial charge is 0.427 e. The van der Waals surface area contributed by atoms with Crippen molar-refractivity contribution in [2.75, 3.05) is 4.31 Å².